The lowest BCUT2D eigenvalue weighted by Gasteiger charge is -2.39. The van der Waals surface area contributed by atoms with Gasteiger partial charge in [-0.25, -0.2) is 0 Å². The van der Waals surface area contributed by atoms with Crippen LogP contribution < -0.4 is 0 Å². The molecule has 0 spiro atoms. The average Bonchev–Trinajstić information content (AvgIpc) is 2.59. The van der Waals surface area contributed by atoms with Crippen molar-refractivity contribution in [3.05, 3.63) is 35.9 Å². The second kappa shape index (κ2) is 8.56. The van der Waals surface area contributed by atoms with E-state index in [4.69, 9.17) is 0 Å². The van der Waals surface area contributed by atoms with Gasteiger partial charge in [0, 0.05) is 13.1 Å². The zero-order chi connectivity index (χ0) is 17.6. The topological polar surface area (TPSA) is 57.6 Å². The van der Waals surface area contributed by atoms with Crippen molar-refractivity contribution in [2.45, 2.75) is 38.5 Å². The normalized spacial score (nSPS) is 17.0. The molecule has 2 rings (SSSR count). The molecule has 5 heteroatoms. The molecule has 24 heavy (non-hydrogen) atoms. The number of carboxylic acids is 1. The molecule has 1 fully saturated rings. The first-order valence-electron chi connectivity index (χ1n) is 8.60. The van der Waals surface area contributed by atoms with Crippen LogP contribution in [0.25, 0.3) is 0 Å². The lowest BCUT2D eigenvalue weighted by molar-refractivity contribution is -0.147. The number of piperidine rings is 1. The minimum atomic E-state index is -0.858. The Bertz CT molecular complexity index is 551. The van der Waals surface area contributed by atoms with Gasteiger partial charge in [0.1, 0.15) is 0 Å². The van der Waals surface area contributed by atoms with E-state index in [2.05, 4.69) is 13.8 Å². The maximum Gasteiger partial charge on any atom is 0.314 e. The van der Waals surface area contributed by atoms with Gasteiger partial charge in [0.2, 0.25) is 5.91 Å². The third-order valence-electron chi connectivity index (χ3n) is 4.77. The Hall–Kier alpha value is -1.49. The van der Waals surface area contributed by atoms with E-state index < -0.39 is 11.4 Å². The highest BCUT2D eigenvalue weighted by atomic mass is 32.2. The number of rotatable bonds is 7. The van der Waals surface area contributed by atoms with Crippen LogP contribution in [0.1, 0.15) is 38.7 Å². The molecule has 1 aliphatic heterocycles. The zero-order valence-electron chi connectivity index (χ0n) is 14.5. The predicted octanol–water partition coefficient (Wildman–Crippen LogP) is 3.41. The number of carbonyl (C=O) groups is 2. The number of thioether (sulfide) groups is 1. The third kappa shape index (κ3) is 4.53. The Balaban J connectivity index is 1.91. The van der Waals surface area contributed by atoms with Gasteiger partial charge in [-0.2, -0.15) is 11.8 Å². The summed E-state index contributed by atoms with van der Waals surface area (Å²) >= 11 is 1.68. The van der Waals surface area contributed by atoms with E-state index in [0.717, 1.165) is 17.7 Å². The van der Waals surface area contributed by atoms with Crippen LogP contribution in [0.2, 0.25) is 0 Å². The molecule has 0 atom stereocenters. The molecular formula is C19H27NO3S. The van der Waals surface area contributed by atoms with Crippen LogP contribution in [0.3, 0.4) is 0 Å². The van der Waals surface area contributed by atoms with Gasteiger partial charge in [0.25, 0.3) is 0 Å². The maximum absolute atomic E-state index is 12.3. The van der Waals surface area contributed by atoms with Crippen molar-refractivity contribution in [3.8, 4) is 0 Å². The van der Waals surface area contributed by atoms with E-state index in [9.17, 15) is 14.7 Å². The summed E-state index contributed by atoms with van der Waals surface area (Å²) in [6.07, 6.45) is 2.08. The van der Waals surface area contributed by atoms with E-state index in [1.54, 1.807) is 11.8 Å². The number of benzene rings is 1. The van der Waals surface area contributed by atoms with Crippen LogP contribution in [-0.2, 0) is 15.0 Å². The molecule has 4 nitrogen and oxygen atoms in total. The maximum atomic E-state index is 12.3. The molecule has 1 N–H and O–H groups in total. The highest BCUT2D eigenvalue weighted by Crippen LogP contribution is 2.36. The van der Waals surface area contributed by atoms with E-state index in [1.165, 1.54) is 0 Å². The number of carbonyl (C=O) groups excluding carboxylic acids is 1. The molecular weight excluding hydrogens is 322 g/mol. The first-order chi connectivity index (χ1) is 11.5. The second-order valence-corrected chi connectivity index (χ2v) is 7.97. The van der Waals surface area contributed by atoms with E-state index >= 15 is 0 Å². The fourth-order valence-corrected chi connectivity index (χ4v) is 4.23. The molecule has 1 aromatic rings. The van der Waals surface area contributed by atoms with Crippen molar-refractivity contribution < 1.29 is 14.7 Å². The van der Waals surface area contributed by atoms with Gasteiger partial charge in [-0.05, 0) is 36.5 Å². The van der Waals surface area contributed by atoms with Crippen LogP contribution in [0, 0.1) is 5.92 Å². The van der Waals surface area contributed by atoms with Crippen LogP contribution in [0.15, 0.2) is 30.3 Å². The summed E-state index contributed by atoms with van der Waals surface area (Å²) in [5.74, 6) is 1.51. The Morgan fingerprint density at radius 2 is 1.83 bits per heavy atom. The molecule has 0 unspecified atom stereocenters. The summed E-state index contributed by atoms with van der Waals surface area (Å²) in [5.41, 5.74) is -0.0149. The highest BCUT2D eigenvalue weighted by molar-refractivity contribution is 7.99. The van der Waals surface area contributed by atoms with Gasteiger partial charge < -0.3 is 10.0 Å². The van der Waals surface area contributed by atoms with Crippen molar-refractivity contribution in [2.75, 3.05) is 24.6 Å². The number of nitrogens with zero attached hydrogens (tertiary/aromatic N) is 1. The van der Waals surface area contributed by atoms with Gasteiger partial charge >= 0.3 is 5.97 Å². The van der Waals surface area contributed by atoms with Crippen molar-refractivity contribution >= 4 is 23.6 Å². The molecule has 0 aliphatic carbocycles. The zero-order valence-corrected chi connectivity index (χ0v) is 15.3. The average molecular weight is 349 g/mol. The largest absolute Gasteiger partial charge is 0.481 e. The van der Waals surface area contributed by atoms with Crippen molar-refractivity contribution in [1.29, 1.82) is 0 Å². The first-order valence-corrected chi connectivity index (χ1v) is 9.75. The van der Waals surface area contributed by atoms with Crippen LogP contribution in [-0.4, -0.2) is 46.5 Å². The summed E-state index contributed by atoms with van der Waals surface area (Å²) in [5, 5.41) is 9.78. The highest BCUT2D eigenvalue weighted by Gasteiger charge is 2.43. The minimum Gasteiger partial charge on any atom is -0.481 e. The Morgan fingerprint density at radius 3 is 2.38 bits per heavy atom. The van der Waals surface area contributed by atoms with Gasteiger partial charge in [0.05, 0.1) is 11.2 Å². The second-order valence-electron chi connectivity index (χ2n) is 6.87. The Labute approximate surface area is 148 Å². The Morgan fingerprint density at radius 1 is 1.21 bits per heavy atom. The first kappa shape index (κ1) is 18.8. The third-order valence-corrected chi connectivity index (χ3v) is 5.75. The summed E-state index contributed by atoms with van der Waals surface area (Å²) in [7, 11) is 0. The molecule has 0 bridgehead atoms. The van der Waals surface area contributed by atoms with Gasteiger partial charge in [-0.1, -0.05) is 44.2 Å². The summed E-state index contributed by atoms with van der Waals surface area (Å²) in [6.45, 7) is 5.40. The van der Waals surface area contributed by atoms with Crippen LogP contribution in [0.4, 0.5) is 0 Å². The number of hydrogen-bond acceptors (Lipinski definition) is 3. The molecule has 132 valence electrons. The lowest BCUT2D eigenvalue weighted by atomic mass is 9.73. The molecule has 0 saturated carbocycles. The smallest absolute Gasteiger partial charge is 0.314 e. The SMILES string of the molecule is CC(C)CCSCC(=O)N1CCC(C(=O)O)(c2ccccc2)CC1. The standard InChI is InChI=1S/C19H27NO3S/c1-15(2)8-13-24-14-17(21)20-11-9-19(10-12-20,18(22)23)16-6-4-3-5-7-16/h3-7,15H,8-14H2,1-2H3,(H,22,23). The van der Waals surface area contributed by atoms with Gasteiger partial charge in [0.15, 0.2) is 0 Å². The molecule has 0 aromatic heterocycles. The fraction of sp³-hybridized carbons (Fsp3) is 0.579. The summed E-state index contributed by atoms with van der Waals surface area (Å²) in [4.78, 5) is 26.1. The number of amides is 1. The minimum absolute atomic E-state index is 0.135. The number of likely N-dealkylation sites (tertiary alicyclic amines) is 1. The lowest BCUT2D eigenvalue weighted by Crippen LogP contribution is -2.49. The van der Waals surface area contributed by atoms with Gasteiger partial charge in [-0.3, -0.25) is 9.59 Å². The van der Waals surface area contributed by atoms with E-state index in [1.807, 2.05) is 35.2 Å². The van der Waals surface area contributed by atoms with Gasteiger partial charge in [-0.15, -0.1) is 0 Å². The summed E-state index contributed by atoms with van der Waals surface area (Å²) < 4.78 is 0. The van der Waals surface area contributed by atoms with E-state index in [0.29, 0.717) is 37.6 Å². The molecule has 0 radical (unpaired) electrons. The Kier molecular flexibility index (Phi) is 6.72. The van der Waals surface area contributed by atoms with Crippen molar-refractivity contribution in [3.63, 3.8) is 0 Å². The van der Waals surface area contributed by atoms with E-state index in [-0.39, 0.29) is 5.91 Å². The molecule has 1 heterocycles. The number of carboxylic acid groups (broad SMARTS) is 1. The number of aliphatic carboxylic acids is 1. The fourth-order valence-electron chi connectivity index (χ4n) is 3.09. The molecule has 1 aliphatic rings. The summed E-state index contributed by atoms with van der Waals surface area (Å²) in [6, 6.07) is 9.42. The van der Waals surface area contributed by atoms with Crippen molar-refractivity contribution in [2.24, 2.45) is 5.92 Å². The van der Waals surface area contributed by atoms with Crippen molar-refractivity contribution in [1.82, 2.24) is 4.90 Å². The number of hydrogen-bond donors (Lipinski definition) is 1. The molecule has 1 amide bonds. The molecule has 1 aromatic carbocycles. The van der Waals surface area contributed by atoms with Crippen LogP contribution in [0.5, 0.6) is 0 Å². The molecule has 1 saturated heterocycles. The predicted molar refractivity (Wildman–Crippen MR) is 98.3 cm³/mol. The quantitative estimate of drug-likeness (QED) is 0.767. The van der Waals surface area contributed by atoms with Crippen LogP contribution >= 0.6 is 11.8 Å². The monoisotopic (exact) mass is 349 g/mol.